The molecule has 0 spiro atoms. The minimum absolute atomic E-state index is 0.0646. The van der Waals surface area contributed by atoms with Crippen LogP contribution in [0, 0.1) is 5.82 Å². The summed E-state index contributed by atoms with van der Waals surface area (Å²) in [7, 11) is -3.83. The number of primary sulfonamides is 1. The van der Waals surface area contributed by atoms with Crippen molar-refractivity contribution in [3.05, 3.63) is 28.0 Å². The van der Waals surface area contributed by atoms with Crippen molar-refractivity contribution in [2.24, 2.45) is 5.14 Å². The largest absolute Gasteiger partial charge is 0.309 e. The summed E-state index contributed by atoms with van der Waals surface area (Å²) in [5, 5.41) is 3.87. The third-order valence-electron chi connectivity index (χ3n) is 2.83. The lowest BCUT2D eigenvalue weighted by atomic mass is 10.3. The van der Waals surface area contributed by atoms with E-state index in [9.17, 15) is 17.6 Å². The summed E-state index contributed by atoms with van der Waals surface area (Å²) in [6.07, 6.45) is -0.251. The molecule has 1 aromatic rings. The number of hydrogen-bond donors (Lipinski definition) is 1. The number of nitrogens with two attached hydrogens (primary N) is 1. The predicted octanol–water partition coefficient (Wildman–Crippen LogP) is 1.53. The zero-order chi connectivity index (χ0) is 14.4. The zero-order valence-electron chi connectivity index (χ0n) is 9.44. The fourth-order valence-corrected chi connectivity index (χ4v) is 3.06. The van der Waals surface area contributed by atoms with Crippen LogP contribution in [-0.2, 0) is 14.8 Å². The maximum atomic E-state index is 13.4. The average molecular weight is 327 g/mol. The molecule has 9 heteroatoms. The first-order valence-electron chi connectivity index (χ1n) is 5.16. The van der Waals surface area contributed by atoms with Crippen molar-refractivity contribution >= 4 is 44.8 Å². The molecule has 0 saturated carbocycles. The second-order valence-electron chi connectivity index (χ2n) is 4.14. The first-order chi connectivity index (χ1) is 8.70. The number of rotatable bonds is 2. The molecule has 1 saturated heterocycles. The van der Waals surface area contributed by atoms with Gasteiger partial charge in [-0.3, -0.25) is 4.79 Å². The molecule has 0 aliphatic carbocycles. The molecular formula is C10H9Cl2FN2O3S. The average Bonchev–Trinajstić information content (AvgIpc) is 2.65. The predicted molar refractivity (Wildman–Crippen MR) is 70.3 cm³/mol. The molecule has 2 rings (SSSR count). The number of sulfonamides is 1. The van der Waals surface area contributed by atoms with Crippen LogP contribution in [0.2, 0.25) is 10.0 Å². The Morgan fingerprint density at radius 3 is 2.47 bits per heavy atom. The Balaban J connectivity index is 2.39. The lowest BCUT2D eigenvalue weighted by molar-refractivity contribution is -0.117. The number of carbonyl (C=O) groups is 1. The van der Waals surface area contributed by atoms with Crippen molar-refractivity contribution in [1.82, 2.24) is 0 Å². The number of hydrogen-bond acceptors (Lipinski definition) is 3. The van der Waals surface area contributed by atoms with Gasteiger partial charge in [-0.1, -0.05) is 23.2 Å². The highest BCUT2D eigenvalue weighted by molar-refractivity contribution is 7.89. The number of benzene rings is 1. The van der Waals surface area contributed by atoms with E-state index in [4.69, 9.17) is 28.3 Å². The van der Waals surface area contributed by atoms with Gasteiger partial charge in [0.1, 0.15) is 11.1 Å². The van der Waals surface area contributed by atoms with E-state index in [0.29, 0.717) is 0 Å². The molecule has 1 fully saturated rings. The summed E-state index contributed by atoms with van der Waals surface area (Å²) in [6, 6.07) is 2.15. The van der Waals surface area contributed by atoms with Gasteiger partial charge in [0.2, 0.25) is 15.9 Å². The zero-order valence-corrected chi connectivity index (χ0v) is 11.8. The Hall–Kier alpha value is -0.890. The van der Waals surface area contributed by atoms with Crippen molar-refractivity contribution in [3.63, 3.8) is 0 Å². The summed E-state index contributed by atoms with van der Waals surface area (Å²) in [5.74, 6) is -1.23. The van der Waals surface area contributed by atoms with Crippen LogP contribution in [0.5, 0.6) is 0 Å². The van der Waals surface area contributed by atoms with E-state index < -0.39 is 27.0 Å². The minimum Gasteiger partial charge on any atom is -0.309 e. The van der Waals surface area contributed by atoms with E-state index in [-0.39, 0.29) is 28.7 Å². The van der Waals surface area contributed by atoms with Gasteiger partial charge in [0, 0.05) is 19.0 Å². The second-order valence-corrected chi connectivity index (χ2v) is 6.80. The summed E-state index contributed by atoms with van der Waals surface area (Å²) < 4.78 is 35.9. The molecule has 104 valence electrons. The standard InChI is InChI=1S/C10H9Cl2FN2O3S/c11-6-2-7(12)9(3-8(6)13)15-4-5(1-10(15)16)19(14,17)18/h2-3,5H,1,4H2,(H2,14,17,18). The molecule has 0 bridgehead atoms. The smallest absolute Gasteiger partial charge is 0.228 e. The fourth-order valence-electron chi connectivity index (χ4n) is 1.85. The Bertz CT molecular complexity index is 650. The van der Waals surface area contributed by atoms with Crippen molar-refractivity contribution in [3.8, 4) is 0 Å². The Morgan fingerprint density at radius 1 is 1.32 bits per heavy atom. The monoisotopic (exact) mass is 326 g/mol. The molecule has 19 heavy (non-hydrogen) atoms. The highest BCUT2D eigenvalue weighted by atomic mass is 35.5. The third-order valence-corrected chi connectivity index (χ3v) is 4.67. The van der Waals surface area contributed by atoms with Gasteiger partial charge < -0.3 is 4.90 Å². The van der Waals surface area contributed by atoms with Crippen LogP contribution in [-0.4, -0.2) is 26.1 Å². The maximum absolute atomic E-state index is 13.4. The maximum Gasteiger partial charge on any atom is 0.228 e. The molecule has 1 amide bonds. The van der Waals surface area contributed by atoms with Crippen molar-refractivity contribution in [1.29, 1.82) is 0 Å². The van der Waals surface area contributed by atoms with Gasteiger partial charge in [-0.25, -0.2) is 17.9 Å². The molecule has 1 aliphatic rings. The van der Waals surface area contributed by atoms with E-state index in [2.05, 4.69) is 0 Å². The van der Waals surface area contributed by atoms with E-state index in [1.165, 1.54) is 0 Å². The molecule has 0 radical (unpaired) electrons. The molecule has 1 unspecified atom stereocenters. The van der Waals surface area contributed by atoms with Gasteiger partial charge in [-0.15, -0.1) is 0 Å². The number of halogens is 3. The van der Waals surface area contributed by atoms with Crippen LogP contribution in [0.1, 0.15) is 6.42 Å². The molecule has 2 N–H and O–H groups in total. The van der Waals surface area contributed by atoms with Crippen molar-refractivity contribution in [2.45, 2.75) is 11.7 Å². The van der Waals surface area contributed by atoms with Crippen molar-refractivity contribution < 1.29 is 17.6 Å². The van der Waals surface area contributed by atoms with Gasteiger partial charge >= 0.3 is 0 Å². The molecule has 1 atom stereocenters. The van der Waals surface area contributed by atoms with Crippen LogP contribution in [0.3, 0.4) is 0 Å². The molecule has 1 aliphatic heterocycles. The lowest BCUT2D eigenvalue weighted by Crippen LogP contribution is -2.32. The van der Waals surface area contributed by atoms with Gasteiger partial charge in [0.15, 0.2) is 0 Å². The molecular weight excluding hydrogens is 318 g/mol. The Kier molecular flexibility index (Phi) is 3.74. The Morgan fingerprint density at radius 2 is 1.95 bits per heavy atom. The van der Waals surface area contributed by atoms with Gasteiger partial charge in [-0.05, 0) is 6.07 Å². The van der Waals surface area contributed by atoms with Crippen LogP contribution in [0.4, 0.5) is 10.1 Å². The SMILES string of the molecule is NS(=O)(=O)C1CC(=O)N(c2cc(F)c(Cl)cc2Cl)C1. The normalized spacial score (nSPS) is 20.1. The second kappa shape index (κ2) is 4.90. The molecule has 5 nitrogen and oxygen atoms in total. The Labute approximate surface area is 119 Å². The van der Waals surface area contributed by atoms with E-state index in [1.807, 2.05) is 0 Å². The van der Waals surface area contributed by atoms with E-state index >= 15 is 0 Å². The first-order valence-corrected chi connectivity index (χ1v) is 7.53. The van der Waals surface area contributed by atoms with Gasteiger partial charge in [0.25, 0.3) is 0 Å². The summed E-state index contributed by atoms with van der Waals surface area (Å²) in [6.45, 7) is -0.154. The molecule has 0 aromatic heterocycles. The lowest BCUT2D eigenvalue weighted by Gasteiger charge is -2.18. The molecule has 1 aromatic carbocycles. The number of nitrogens with zero attached hydrogens (tertiary/aromatic N) is 1. The number of carbonyl (C=O) groups excluding carboxylic acids is 1. The summed E-state index contributed by atoms with van der Waals surface area (Å²) in [5.41, 5.74) is 0.0831. The number of anilines is 1. The third kappa shape index (κ3) is 2.84. The number of amides is 1. The van der Waals surface area contributed by atoms with Crippen LogP contribution in [0.15, 0.2) is 12.1 Å². The van der Waals surface area contributed by atoms with Gasteiger partial charge in [0.05, 0.1) is 15.7 Å². The van der Waals surface area contributed by atoms with E-state index in [0.717, 1.165) is 17.0 Å². The van der Waals surface area contributed by atoms with Crippen LogP contribution >= 0.6 is 23.2 Å². The highest BCUT2D eigenvalue weighted by Crippen LogP contribution is 2.34. The summed E-state index contributed by atoms with van der Waals surface area (Å²) >= 11 is 11.4. The fraction of sp³-hybridized carbons (Fsp3) is 0.300. The topological polar surface area (TPSA) is 80.5 Å². The van der Waals surface area contributed by atoms with Gasteiger partial charge in [-0.2, -0.15) is 0 Å². The molecule has 1 heterocycles. The van der Waals surface area contributed by atoms with Crippen LogP contribution in [0.25, 0.3) is 0 Å². The highest BCUT2D eigenvalue weighted by Gasteiger charge is 2.38. The minimum atomic E-state index is -3.83. The van der Waals surface area contributed by atoms with E-state index in [1.54, 1.807) is 0 Å². The quantitative estimate of drug-likeness (QED) is 0.837. The summed E-state index contributed by atoms with van der Waals surface area (Å²) in [4.78, 5) is 12.9. The first kappa shape index (κ1) is 14.5. The van der Waals surface area contributed by atoms with Crippen LogP contribution < -0.4 is 10.0 Å². The van der Waals surface area contributed by atoms with Crippen molar-refractivity contribution in [2.75, 3.05) is 11.4 Å².